The van der Waals surface area contributed by atoms with Gasteiger partial charge in [-0.3, -0.25) is 4.79 Å². The minimum absolute atomic E-state index is 0.0702. The van der Waals surface area contributed by atoms with Crippen molar-refractivity contribution in [3.63, 3.8) is 0 Å². The maximum Gasteiger partial charge on any atom is 0.251 e. The molecule has 138 valence electrons. The van der Waals surface area contributed by atoms with Gasteiger partial charge in [0.15, 0.2) is 0 Å². The lowest BCUT2D eigenvalue weighted by Gasteiger charge is -2.15. The number of para-hydroxylation sites is 2. The summed E-state index contributed by atoms with van der Waals surface area (Å²) in [5.74, 6) is 1.21. The van der Waals surface area contributed by atoms with Gasteiger partial charge in [-0.25, -0.2) is 4.98 Å². The molecule has 1 fully saturated rings. The van der Waals surface area contributed by atoms with Crippen LogP contribution in [0.15, 0.2) is 42.6 Å². The zero-order valence-electron chi connectivity index (χ0n) is 15.2. The number of hydrogen-bond acceptors (Lipinski definition) is 5. The van der Waals surface area contributed by atoms with Gasteiger partial charge < -0.3 is 20.1 Å². The van der Waals surface area contributed by atoms with E-state index in [-0.39, 0.29) is 18.1 Å². The van der Waals surface area contributed by atoms with E-state index in [2.05, 4.69) is 15.6 Å². The number of carbonyl (C=O) groups excluding carboxylic acids is 1. The molecule has 6 nitrogen and oxygen atoms in total. The molecule has 0 spiro atoms. The molecule has 2 N–H and O–H groups in total. The Labute approximate surface area is 153 Å². The summed E-state index contributed by atoms with van der Waals surface area (Å²) in [5.41, 5.74) is 1.37. The zero-order chi connectivity index (χ0) is 18.4. The molecule has 3 rings (SSSR count). The highest BCUT2D eigenvalue weighted by Gasteiger charge is 2.17. The second-order valence-corrected chi connectivity index (χ2v) is 6.56. The van der Waals surface area contributed by atoms with Gasteiger partial charge in [0.05, 0.1) is 17.9 Å². The van der Waals surface area contributed by atoms with Crippen LogP contribution >= 0.6 is 0 Å². The summed E-state index contributed by atoms with van der Waals surface area (Å²) < 4.78 is 11.3. The first-order chi connectivity index (χ1) is 12.6. The van der Waals surface area contributed by atoms with Crippen molar-refractivity contribution in [2.75, 3.05) is 18.5 Å². The average molecular weight is 355 g/mol. The van der Waals surface area contributed by atoms with Gasteiger partial charge in [0.2, 0.25) is 0 Å². The van der Waals surface area contributed by atoms with E-state index < -0.39 is 0 Å². The van der Waals surface area contributed by atoms with Crippen LogP contribution in [0.1, 0.15) is 37.0 Å². The van der Waals surface area contributed by atoms with E-state index in [1.807, 2.05) is 38.1 Å². The van der Waals surface area contributed by atoms with Crippen LogP contribution in [0.25, 0.3) is 0 Å². The lowest BCUT2D eigenvalue weighted by molar-refractivity contribution is 0.0857. The number of rotatable bonds is 7. The molecular weight excluding hydrogens is 330 g/mol. The molecule has 0 aliphatic carbocycles. The Bertz CT molecular complexity index is 743. The largest absolute Gasteiger partial charge is 0.489 e. The van der Waals surface area contributed by atoms with Gasteiger partial charge in [-0.1, -0.05) is 12.1 Å². The molecule has 0 bridgehead atoms. The highest BCUT2D eigenvalue weighted by molar-refractivity contribution is 5.95. The summed E-state index contributed by atoms with van der Waals surface area (Å²) in [4.78, 5) is 16.7. The first-order valence-corrected chi connectivity index (χ1v) is 9.00. The highest BCUT2D eigenvalue weighted by atomic mass is 16.5. The third kappa shape index (κ3) is 4.95. The summed E-state index contributed by atoms with van der Waals surface area (Å²) in [7, 11) is 0. The smallest absolute Gasteiger partial charge is 0.251 e. The third-order valence-electron chi connectivity index (χ3n) is 4.05. The molecule has 2 aromatic rings. The molecule has 1 aromatic carbocycles. The van der Waals surface area contributed by atoms with Crippen molar-refractivity contribution in [3.8, 4) is 5.75 Å². The molecule has 0 saturated carbocycles. The van der Waals surface area contributed by atoms with Gasteiger partial charge in [-0.15, -0.1) is 0 Å². The number of pyridine rings is 1. The SMILES string of the molecule is CC(C)Oc1ccccc1Nc1cc(C(=O)NCC2CCCO2)ccn1. The van der Waals surface area contributed by atoms with Crippen LogP contribution in [-0.4, -0.2) is 36.3 Å². The number of anilines is 2. The third-order valence-corrected chi connectivity index (χ3v) is 4.05. The van der Waals surface area contributed by atoms with Crippen LogP contribution in [0.3, 0.4) is 0 Å². The van der Waals surface area contributed by atoms with Gasteiger partial charge >= 0.3 is 0 Å². The van der Waals surface area contributed by atoms with Crippen molar-refractivity contribution in [1.82, 2.24) is 10.3 Å². The van der Waals surface area contributed by atoms with Crippen molar-refractivity contribution >= 4 is 17.4 Å². The predicted octanol–water partition coefficient (Wildman–Crippen LogP) is 3.52. The van der Waals surface area contributed by atoms with Crippen LogP contribution in [0.4, 0.5) is 11.5 Å². The standard InChI is InChI=1S/C20H25N3O3/c1-14(2)26-18-8-4-3-7-17(18)23-19-12-15(9-10-21-19)20(24)22-13-16-6-5-11-25-16/h3-4,7-10,12,14,16H,5-6,11,13H2,1-2H3,(H,21,23)(H,22,24). The van der Waals surface area contributed by atoms with E-state index in [9.17, 15) is 4.79 Å². The number of hydrogen-bond donors (Lipinski definition) is 2. The molecule has 6 heteroatoms. The lowest BCUT2D eigenvalue weighted by atomic mass is 10.2. The molecular formula is C20H25N3O3. The summed E-state index contributed by atoms with van der Waals surface area (Å²) in [6, 6.07) is 11.1. The van der Waals surface area contributed by atoms with Crippen molar-refractivity contribution in [3.05, 3.63) is 48.2 Å². The molecule has 0 radical (unpaired) electrons. The summed E-state index contributed by atoms with van der Waals surface area (Å²) in [5, 5.41) is 6.15. The molecule has 1 aliphatic heterocycles. The quantitative estimate of drug-likeness (QED) is 0.795. The monoisotopic (exact) mass is 355 g/mol. The Morgan fingerprint density at radius 1 is 1.35 bits per heavy atom. The van der Waals surface area contributed by atoms with Crippen molar-refractivity contribution in [2.24, 2.45) is 0 Å². The predicted molar refractivity (Wildman–Crippen MR) is 101 cm³/mol. The Balaban J connectivity index is 1.66. The van der Waals surface area contributed by atoms with Crippen LogP contribution in [0, 0.1) is 0 Å². The molecule has 1 aliphatic rings. The molecule has 1 saturated heterocycles. The number of benzene rings is 1. The van der Waals surface area contributed by atoms with Gasteiger partial charge in [0.25, 0.3) is 5.91 Å². The molecule has 1 aromatic heterocycles. The van der Waals surface area contributed by atoms with Gasteiger partial charge in [-0.2, -0.15) is 0 Å². The van der Waals surface area contributed by atoms with Crippen LogP contribution < -0.4 is 15.4 Å². The van der Waals surface area contributed by atoms with Crippen LogP contribution in [0.2, 0.25) is 0 Å². The second kappa shape index (κ2) is 8.67. The second-order valence-electron chi connectivity index (χ2n) is 6.56. The van der Waals surface area contributed by atoms with Crippen molar-refractivity contribution in [2.45, 2.75) is 38.9 Å². The number of amides is 1. The maximum atomic E-state index is 12.4. The first-order valence-electron chi connectivity index (χ1n) is 9.00. The summed E-state index contributed by atoms with van der Waals surface area (Å²) in [6.45, 7) is 5.28. The fraction of sp³-hybridized carbons (Fsp3) is 0.400. The minimum atomic E-state index is -0.127. The highest BCUT2D eigenvalue weighted by Crippen LogP contribution is 2.27. The van der Waals surface area contributed by atoms with Gasteiger partial charge in [-0.05, 0) is 51.0 Å². The van der Waals surface area contributed by atoms with Crippen molar-refractivity contribution in [1.29, 1.82) is 0 Å². The number of nitrogens with zero attached hydrogens (tertiary/aromatic N) is 1. The van der Waals surface area contributed by atoms with E-state index in [0.29, 0.717) is 17.9 Å². The Morgan fingerprint density at radius 3 is 2.96 bits per heavy atom. The number of ether oxygens (including phenoxy) is 2. The molecule has 1 unspecified atom stereocenters. The van der Waals surface area contributed by atoms with Crippen LogP contribution in [0.5, 0.6) is 5.75 Å². The summed E-state index contributed by atoms with van der Waals surface area (Å²) >= 11 is 0. The van der Waals surface area contributed by atoms with E-state index in [0.717, 1.165) is 30.9 Å². The molecule has 26 heavy (non-hydrogen) atoms. The van der Waals surface area contributed by atoms with E-state index in [4.69, 9.17) is 9.47 Å². The van der Waals surface area contributed by atoms with Gasteiger partial charge in [0.1, 0.15) is 11.6 Å². The maximum absolute atomic E-state index is 12.4. The topological polar surface area (TPSA) is 72.5 Å². The van der Waals surface area contributed by atoms with Crippen molar-refractivity contribution < 1.29 is 14.3 Å². The normalized spacial score (nSPS) is 16.5. The lowest BCUT2D eigenvalue weighted by Crippen LogP contribution is -2.31. The number of carbonyl (C=O) groups is 1. The fourth-order valence-electron chi connectivity index (χ4n) is 2.82. The Morgan fingerprint density at radius 2 is 2.19 bits per heavy atom. The van der Waals surface area contributed by atoms with E-state index in [1.54, 1.807) is 18.3 Å². The minimum Gasteiger partial charge on any atom is -0.489 e. The fourth-order valence-corrected chi connectivity index (χ4v) is 2.82. The number of nitrogens with one attached hydrogen (secondary N) is 2. The molecule has 2 heterocycles. The zero-order valence-corrected chi connectivity index (χ0v) is 15.2. The first kappa shape index (κ1) is 18.2. The van der Waals surface area contributed by atoms with E-state index >= 15 is 0 Å². The summed E-state index contributed by atoms with van der Waals surface area (Å²) in [6.07, 6.45) is 3.87. The number of aromatic nitrogens is 1. The van der Waals surface area contributed by atoms with Crippen LogP contribution in [-0.2, 0) is 4.74 Å². The van der Waals surface area contributed by atoms with E-state index in [1.165, 1.54) is 0 Å². The Hall–Kier alpha value is -2.60. The Kier molecular flexibility index (Phi) is 6.07. The average Bonchev–Trinajstić information content (AvgIpc) is 3.15. The molecule has 1 amide bonds. The van der Waals surface area contributed by atoms with Gasteiger partial charge in [0, 0.05) is 24.9 Å². The molecule has 1 atom stereocenters.